The fourth-order valence-electron chi connectivity index (χ4n) is 6.28. The van der Waals surface area contributed by atoms with Gasteiger partial charge in [0.25, 0.3) is 0 Å². The van der Waals surface area contributed by atoms with Crippen molar-refractivity contribution in [1.29, 1.82) is 0 Å². The maximum absolute atomic E-state index is 12.4. The number of amides is 3. The van der Waals surface area contributed by atoms with Gasteiger partial charge in [0.2, 0.25) is 17.7 Å². The number of hydrogen-bond acceptors (Lipinski definition) is 4. The third-order valence-electron chi connectivity index (χ3n) is 6.97. The van der Waals surface area contributed by atoms with Gasteiger partial charge in [0.1, 0.15) is 0 Å². The van der Waals surface area contributed by atoms with Crippen molar-refractivity contribution in [3.05, 3.63) is 0 Å². The Labute approximate surface area is 160 Å². The molecule has 27 heavy (non-hydrogen) atoms. The number of carbonyl (C=O) groups excluding carboxylic acids is 3. The van der Waals surface area contributed by atoms with E-state index in [1.54, 1.807) is 4.90 Å². The lowest BCUT2D eigenvalue weighted by atomic mass is 9.49. The van der Waals surface area contributed by atoms with Gasteiger partial charge in [0.15, 0.2) is 0 Å². The topological polar surface area (TPSA) is 87.7 Å². The van der Waals surface area contributed by atoms with E-state index >= 15 is 0 Å². The highest BCUT2D eigenvalue weighted by molar-refractivity contribution is 5.85. The molecule has 0 spiro atoms. The van der Waals surface area contributed by atoms with Gasteiger partial charge in [-0.15, -0.1) is 0 Å². The Bertz CT molecular complexity index is 565. The van der Waals surface area contributed by atoms with Crippen molar-refractivity contribution in [2.45, 2.75) is 57.8 Å². The van der Waals surface area contributed by atoms with Gasteiger partial charge >= 0.3 is 0 Å². The van der Waals surface area contributed by atoms with Crippen molar-refractivity contribution < 1.29 is 19.1 Å². The summed E-state index contributed by atoms with van der Waals surface area (Å²) in [7, 11) is 0. The molecule has 0 aromatic heterocycles. The number of hydrogen-bond donors (Lipinski definition) is 2. The molecule has 150 valence electrons. The molecule has 3 amide bonds. The van der Waals surface area contributed by atoms with Crippen molar-refractivity contribution in [3.8, 4) is 0 Å². The lowest BCUT2D eigenvalue weighted by Gasteiger charge is -2.56. The molecule has 5 rings (SSSR count). The molecule has 0 aromatic carbocycles. The zero-order valence-electron chi connectivity index (χ0n) is 16.0. The number of hydrazine groups is 1. The van der Waals surface area contributed by atoms with E-state index in [1.807, 2.05) is 0 Å². The first-order valence-corrected chi connectivity index (χ1v) is 10.4. The van der Waals surface area contributed by atoms with E-state index < -0.39 is 0 Å². The number of nitrogens with zero attached hydrogens (tertiary/aromatic N) is 1. The van der Waals surface area contributed by atoms with Crippen LogP contribution in [-0.2, 0) is 19.1 Å². The minimum absolute atomic E-state index is 0.0339. The summed E-state index contributed by atoms with van der Waals surface area (Å²) in [5.74, 6) is 1.99. The van der Waals surface area contributed by atoms with Crippen molar-refractivity contribution >= 4 is 17.7 Å². The normalized spacial score (nSPS) is 34.4. The Kier molecular flexibility index (Phi) is 5.39. The van der Waals surface area contributed by atoms with E-state index in [2.05, 4.69) is 10.9 Å². The number of rotatable bonds is 5. The van der Waals surface area contributed by atoms with Gasteiger partial charge in [-0.1, -0.05) is 0 Å². The van der Waals surface area contributed by atoms with Crippen molar-refractivity contribution in [2.24, 2.45) is 23.2 Å². The summed E-state index contributed by atoms with van der Waals surface area (Å²) < 4.78 is 5.22. The van der Waals surface area contributed by atoms with E-state index in [1.165, 1.54) is 38.5 Å². The molecule has 0 atom stereocenters. The average molecular weight is 377 g/mol. The number of ether oxygens (including phenoxy) is 1. The zero-order valence-corrected chi connectivity index (χ0v) is 16.0. The Morgan fingerprint density at radius 3 is 2.00 bits per heavy atom. The Balaban J connectivity index is 1.17. The van der Waals surface area contributed by atoms with Crippen LogP contribution < -0.4 is 10.9 Å². The molecule has 0 aromatic rings. The van der Waals surface area contributed by atoms with E-state index in [-0.39, 0.29) is 36.0 Å². The van der Waals surface area contributed by atoms with Gasteiger partial charge in [-0.3, -0.25) is 25.2 Å². The highest BCUT2D eigenvalue weighted by atomic mass is 16.5. The Morgan fingerprint density at radius 2 is 1.41 bits per heavy atom. The van der Waals surface area contributed by atoms with Gasteiger partial charge < -0.3 is 9.64 Å². The van der Waals surface area contributed by atoms with Crippen LogP contribution in [0.2, 0.25) is 0 Å². The smallest absolute Gasteiger partial charge is 0.238 e. The Morgan fingerprint density at radius 1 is 0.852 bits per heavy atom. The lowest BCUT2D eigenvalue weighted by Crippen LogP contribution is -2.50. The SMILES string of the molecule is O=C(CCC(=O)N1CCOCC1)NNC(=O)CC12CC3CC(CC(C3)C1)C2. The summed E-state index contributed by atoms with van der Waals surface area (Å²) in [5.41, 5.74) is 5.23. The van der Waals surface area contributed by atoms with Crippen molar-refractivity contribution in [3.63, 3.8) is 0 Å². The van der Waals surface area contributed by atoms with Crippen LogP contribution in [0.3, 0.4) is 0 Å². The molecular weight excluding hydrogens is 346 g/mol. The average Bonchev–Trinajstić information content (AvgIpc) is 2.63. The molecule has 7 heteroatoms. The van der Waals surface area contributed by atoms with Crippen LogP contribution in [0.1, 0.15) is 57.8 Å². The van der Waals surface area contributed by atoms with Crippen LogP contribution >= 0.6 is 0 Å². The van der Waals surface area contributed by atoms with Gasteiger partial charge in [0, 0.05) is 32.4 Å². The molecule has 0 unspecified atom stereocenters. The van der Waals surface area contributed by atoms with E-state index in [4.69, 9.17) is 4.74 Å². The third kappa shape index (κ3) is 4.45. The maximum atomic E-state index is 12.4. The largest absolute Gasteiger partial charge is 0.378 e. The van der Waals surface area contributed by atoms with Crippen molar-refractivity contribution in [2.75, 3.05) is 26.3 Å². The summed E-state index contributed by atoms with van der Waals surface area (Å²) in [6.07, 6.45) is 8.36. The standard InChI is InChI=1S/C20H31N3O4/c24-17(1-2-19(26)23-3-5-27-6-4-23)21-22-18(25)13-20-10-14-7-15(11-20)9-16(8-14)12-20/h14-16H,1-13H2,(H,21,24)(H,22,25). The maximum Gasteiger partial charge on any atom is 0.238 e. The minimum atomic E-state index is -0.310. The number of morpholine rings is 1. The van der Waals surface area contributed by atoms with E-state index in [0.29, 0.717) is 32.7 Å². The zero-order chi connectivity index (χ0) is 18.9. The molecular formula is C20H31N3O4. The molecule has 4 bridgehead atoms. The third-order valence-corrected chi connectivity index (χ3v) is 6.97. The van der Waals surface area contributed by atoms with Crippen LogP contribution in [0.4, 0.5) is 0 Å². The molecule has 4 aliphatic carbocycles. The summed E-state index contributed by atoms with van der Waals surface area (Å²) in [6, 6.07) is 0. The van der Waals surface area contributed by atoms with Crippen LogP contribution in [0.15, 0.2) is 0 Å². The number of nitrogens with one attached hydrogen (secondary N) is 2. The monoisotopic (exact) mass is 377 g/mol. The molecule has 4 saturated carbocycles. The second-order valence-electron chi connectivity index (χ2n) is 9.18. The fraction of sp³-hybridized carbons (Fsp3) is 0.850. The van der Waals surface area contributed by atoms with Gasteiger partial charge in [0.05, 0.1) is 13.2 Å². The summed E-state index contributed by atoms with van der Waals surface area (Å²) in [5, 5.41) is 0. The van der Waals surface area contributed by atoms with Crippen LogP contribution in [0.25, 0.3) is 0 Å². The van der Waals surface area contributed by atoms with E-state index in [9.17, 15) is 14.4 Å². The van der Waals surface area contributed by atoms with Crippen molar-refractivity contribution in [1.82, 2.24) is 15.8 Å². The molecule has 1 heterocycles. The molecule has 5 aliphatic rings. The minimum Gasteiger partial charge on any atom is -0.378 e. The fourth-order valence-corrected chi connectivity index (χ4v) is 6.28. The lowest BCUT2D eigenvalue weighted by molar-refractivity contribution is -0.137. The van der Waals surface area contributed by atoms with Crippen LogP contribution in [0, 0.1) is 23.2 Å². The highest BCUT2D eigenvalue weighted by Gasteiger charge is 2.51. The quantitative estimate of drug-likeness (QED) is 0.709. The summed E-state index contributed by atoms with van der Waals surface area (Å²) >= 11 is 0. The molecule has 1 aliphatic heterocycles. The van der Waals surface area contributed by atoms with E-state index in [0.717, 1.165) is 17.8 Å². The number of carbonyl (C=O) groups is 3. The first-order valence-electron chi connectivity index (χ1n) is 10.4. The second kappa shape index (κ2) is 7.78. The molecule has 0 radical (unpaired) electrons. The molecule has 2 N–H and O–H groups in total. The highest BCUT2D eigenvalue weighted by Crippen LogP contribution is 2.61. The van der Waals surface area contributed by atoms with Gasteiger partial charge in [-0.2, -0.15) is 0 Å². The predicted octanol–water partition coefficient (Wildman–Crippen LogP) is 1.38. The van der Waals surface area contributed by atoms with Crippen LogP contribution in [0.5, 0.6) is 0 Å². The molecule has 1 saturated heterocycles. The summed E-state index contributed by atoms with van der Waals surface area (Å²) in [6.45, 7) is 2.28. The van der Waals surface area contributed by atoms with Gasteiger partial charge in [-0.05, 0) is 61.7 Å². The van der Waals surface area contributed by atoms with Crippen LogP contribution in [-0.4, -0.2) is 48.9 Å². The molecule has 7 nitrogen and oxygen atoms in total. The second-order valence-corrected chi connectivity index (χ2v) is 9.18. The Hall–Kier alpha value is -1.63. The molecule has 5 fully saturated rings. The first kappa shape index (κ1) is 18.7. The van der Waals surface area contributed by atoms with Gasteiger partial charge in [-0.25, -0.2) is 0 Å². The predicted molar refractivity (Wildman–Crippen MR) is 98.1 cm³/mol. The first-order chi connectivity index (χ1) is 13.0. The summed E-state index contributed by atoms with van der Waals surface area (Å²) in [4.78, 5) is 38.2.